The second-order valence-corrected chi connectivity index (χ2v) is 4.19. The van der Waals surface area contributed by atoms with Gasteiger partial charge >= 0.3 is 0 Å². The van der Waals surface area contributed by atoms with E-state index in [0.29, 0.717) is 5.15 Å². The van der Waals surface area contributed by atoms with Crippen LogP contribution in [0.4, 0.5) is 10.2 Å². The van der Waals surface area contributed by atoms with Crippen LogP contribution in [0, 0.1) is 5.92 Å². The highest BCUT2D eigenvalue weighted by molar-refractivity contribution is 6.29. The summed E-state index contributed by atoms with van der Waals surface area (Å²) < 4.78 is 12.6. The smallest absolute Gasteiger partial charge is 0.134 e. The molecule has 0 radical (unpaired) electrons. The fraction of sp³-hybridized carbons (Fsp3) is 0.600. The third-order valence-electron chi connectivity index (χ3n) is 2.68. The van der Waals surface area contributed by atoms with Gasteiger partial charge in [0.15, 0.2) is 0 Å². The summed E-state index contributed by atoms with van der Waals surface area (Å²) in [4.78, 5) is 10.0. The summed E-state index contributed by atoms with van der Waals surface area (Å²) in [5.74, 6) is 0.931. The summed E-state index contributed by atoms with van der Waals surface area (Å²) in [6, 6.07) is 1.72. The fourth-order valence-electron chi connectivity index (χ4n) is 1.90. The lowest BCUT2D eigenvalue weighted by atomic mass is 10.00. The Morgan fingerprint density at radius 3 is 3.13 bits per heavy atom. The number of hydrogen-bond donors (Lipinski definition) is 0. The van der Waals surface area contributed by atoms with Crippen molar-refractivity contribution in [3.05, 3.63) is 17.5 Å². The van der Waals surface area contributed by atoms with Gasteiger partial charge in [0.05, 0.1) is 6.67 Å². The topological polar surface area (TPSA) is 29.0 Å². The number of rotatable bonds is 2. The molecule has 1 aliphatic heterocycles. The van der Waals surface area contributed by atoms with Gasteiger partial charge in [-0.05, 0) is 12.8 Å². The first kappa shape index (κ1) is 10.6. The van der Waals surface area contributed by atoms with Gasteiger partial charge < -0.3 is 4.90 Å². The van der Waals surface area contributed by atoms with E-state index in [1.165, 1.54) is 6.33 Å². The second kappa shape index (κ2) is 4.75. The maximum atomic E-state index is 12.6. The summed E-state index contributed by atoms with van der Waals surface area (Å²) >= 11 is 5.78. The molecular formula is C10H13ClFN3. The van der Waals surface area contributed by atoms with Crippen LogP contribution in [0.2, 0.25) is 5.15 Å². The van der Waals surface area contributed by atoms with Crippen molar-refractivity contribution in [3.63, 3.8) is 0 Å². The van der Waals surface area contributed by atoms with Crippen molar-refractivity contribution in [2.45, 2.75) is 12.8 Å². The highest BCUT2D eigenvalue weighted by Crippen LogP contribution is 2.22. The quantitative estimate of drug-likeness (QED) is 0.729. The largest absolute Gasteiger partial charge is 0.356 e. The Kier molecular flexibility index (Phi) is 3.36. The third kappa shape index (κ3) is 2.56. The van der Waals surface area contributed by atoms with Gasteiger partial charge in [0, 0.05) is 25.1 Å². The monoisotopic (exact) mass is 229 g/mol. The van der Waals surface area contributed by atoms with Crippen molar-refractivity contribution in [2.24, 2.45) is 5.92 Å². The first-order valence-electron chi connectivity index (χ1n) is 5.08. The molecule has 1 aliphatic rings. The van der Waals surface area contributed by atoms with Crippen LogP contribution >= 0.6 is 11.6 Å². The molecule has 0 spiro atoms. The lowest BCUT2D eigenvalue weighted by Crippen LogP contribution is -2.36. The van der Waals surface area contributed by atoms with Crippen LogP contribution in [-0.4, -0.2) is 29.7 Å². The molecule has 0 bridgehead atoms. The van der Waals surface area contributed by atoms with Gasteiger partial charge in [0.1, 0.15) is 17.3 Å². The Labute approximate surface area is 93.3 Å². The van der Waals surface area contributed by atoms with Crippen LogP contribution in [0.15, 0.2) is 12.4 Å². The predicted molar refractivity (Wildman–Crippen MR) is 58.0 cm³/mol. The zero-order chi connectivity index (χ0) is 10.7. The average Bonchev–Trinajstić information content (AvgIpc) is 2.29. The second-order valence-electron chi connectivity index (χ2n) is 3.81. The molecule has 5 heteroatoms. The van der Waals surface area contributed by atoms with E-state index >= 15 is 0 Å². The van der Waals surface area contributed by atoms with E-state index in [2.05, 4.69) is 14.9 Å². The Morgan fingerprint density at radius 2 is 2.40 bits per heavy atom. The highest BCUT2D eigenvalue weighted by Gasteiger charge is 2.20. The number of nitrogens with zero attached hydrogens (tertiary/aromatic N) is 3. The van der Waals surface area contributed by atoms with E-state index in [0.717, 1.165) is 31.7 Å². The molecular weight excluding hydrogens is 217 g/mol. The first-order chi connectivity index (χ1) is 7.29. The minimum atomic E-state index is -0.255. The van der Waals surface area contributed by atoms with Crippen molar-refractivity contribution < 1.29 is 4.39 Å². The van der Waals surface area contributed by atoms with E-state index in [4.69, 9.17) is 11.6 Å². The molecule has 3 nitrogen and oxygen atoms in total. The molecule has 0 N–H and O–H groups in total. The van der Waals surface area contributed by atoms with Crippen molar-refractivity contribution in [2.75, 3.05) is 24.7 Å². The van der Waals surface area contributed by atoms with Crippen LogP contribution < -0.4 is 4.90 Å². The van der Waals surface area contributed by atoms with Gasteiger partial charge in [-0.1, -0.05) is 11.6 Å². The van der Waals surface area contributed by atoms with Crippen LogP contribution in [0.5, 0.6) is 0 Å². The molecule has 0 aromatic carbocycles. The molecule has 82 valence electrons. The van der Waals surface area contributed by atoms with Crippen molar-refractivity contribution in [3.8, 4) is 0 Å². The number of piperidine rings is 1. The Hall–Kier alpha value is -0.900. The van der Waals surface area contributed by atoms with E-state index in [1.54, 1.807) is 6.07 Å². The molecule has 0 unspecified atom stereocenters. The lowest BCUT2D eigenvalue weighted by molar-refractivity contribution is 0.315. The molecule has 1 aromatic heterocycles. The van der Waals surface area contributed by atoms with Gasteiger partial charge in [-0.3, -0.25) is 4.39 Å². The van der Waals surface area contributed by atoms with Crippen LogP contribution in [-0.2, 0) is 0 Å². The molecule has 1 fully saturated rings. The Bertz CT molecular complexity index is 334. The zero-order valence-electron chi connectivity index (χ0n) is 8.37. The number of aromatic nitrogens is 2. The Morgan fingerprint density at radius 1 is 1.53 bits per heavy atom. The number of halogens is 2. The van der Waals surface area contributed by atoms with E-state index in [-0.39, 0.29) is 12.6 Å². The summed E-state index contributed by atoms with van der Waals surface area (Å²) in [7, 11) is 0. The molecule has 0 amide bonds. The van der Waals surface area contributed by atoms with E-state index < -0.39 is 0 Å². The maximum absolute atomic E-state index is 12.6. The molecule has 0 aliphatic carbocycles. The maximum Gasteiger partial charge on any atom is 0.134 e. The Balaban J connectivity index is 2.09. The molecule has 1 saturated heterocycles. The molecule has 1 aromatic rings. The molecule has 0 saturated carbocycles. The minimum Gasteiger partial charge on any atom is -0.356 e. The number of alkyl halides is 1. The molecule has 15 heavy (non-hydrogen) atoms. The van der Waals surface area contributed by atoms with Gasteiger partial charge in [0.25, 0.3) is 0 Å². The van der Waals surface area contributed by atoms with Crippen molar-refractivity contribution >= 4 is 17.4 Å². The fourth-order valence-corrected chi connectivity index (χ4v) is 2.04. The van der Waals surface area contributed by atoms with Crippen molar-refractivity contribution in [1.29, 1.82) is 0 Å². The SMILES string of the molecule is FC[C@@H]1CCCN(c2cc(Cl)ncn2)C1. The highest BCUT2D eigenvalue weighted by atomic mass is 35.5. The zero-order valence-corrected chi connectivity index (χ0v) is 9.12. The van der Waals surface area contributed by atoms with Crippen LogP contribution in [0.25, 0.3) is 0 Å². The minimum absolute atomic E-state index is 0.132. The first-order valence-corrected chi connectivity index (χ1v) is 5.46. The van der Waals surface area contributed by atoms with Crippen molar-refractivity contribution in [1.82, 2.24) is 9.97 Å². The van der Waals surface area contributed by atoms with Gasteiger partial charge in [-0.25, -0.2) is 9.97 Å². The summed E-state index contributed by atoms with van der Waals surface area (Å²) in [5.41, 5.74) is 0. The van der Waals surface area contributed by atoms with Gasteiger partial charge in [-0.2, -0.15) is 0 Å². The van der Waals surface area contributed by atoms with E-state index in [9.17, 15) is 4.39 Å². The summed E-state index contributed by atoms with van der Waals surface area (Å²) in [5, 5.41) is 0.433. The van der Waals surface area contributed by atoms with E-state index in [1.807, 2.05) is 0 Å². The standard InChI is InChI=1S/C10H13ClFN3/c11-9-4-10(14-7-13-9)15-3-1-2-8(5-12)6-15/h4,7-8H,1-3,5-6H2/t8-/m0/s1. The predicted octanol–water partition coefficient (Wildman–Crippen LogP) is 2.32. The third-order valence-corrected chi connectivity index (χ3v) is 2.89. The molecule has 2 heterocycles. The number of hydrogen-bond acceptors (Lipinski definition) is 3. The molecule has 1 atom stereocenters. The lowest BCUT2D eigenvalue weighted by Gasteiger charge is -2.32. The van der Waals surface area contributed by atoms with Crippen LogP contribution in [0.1, 0.15) is 12.8 Å². The van der Waals surface area contributed by atoms with Gasteiger partial charge in [0.2, 0.25) is 0 Å². The van der Waals surface area contributed by atoms with Gasteiger partial charge in [-0.15, -0.1) is 0 Å². The number of anilines is 1. The van der Waals surface area contributed by atoms with Crippen LogP contribution in [0.3, 0.4) is 0 Å². The molecule has 2 rings (SSSR count). The summed E-state index contributed by atoms with van der Waals surface area (Å²) in [6.45, 7) is 1.39. The average molecular weight is 230 g/mol. The normalized spacial score (nSPS) is 21.7. The summed E-state index contributed by atoms with van der Waals surface area (Å²) in [6.07, 6.45) is 3.42.